The second-order valence-electron chi connectivity index (χ2n) is 9.45. The summed E-state index contributed by atoms with van der Waals surface area (Å²) in [4.78, 5) is 30.4. The zero-order chi connectivity index (χ0) is 26.9. The van der Waals surface area contributed by atoms with Gasteiger partial charge in [0.05, 0.1) is 21.7 Å². The highest BCUT2D eigenvalue weighted by molar-refractivity contribution is 6.06. The maximum atomic E-state index is 12.5. The Hall–Kier alpha value is -5.08. The molecule has 6 rings (SSSR count). The van der Waals surface area contributed by atoms with Gasteiger partial charge < -0.3 is 9.52 Å². The number of nitrogens with zero attached hydrogens (tertiary/aromatic N) is 3. The van der Waals surface area contributed by atoms with Gasteiger partial charge >= 0.3 is 5.97 Å². The van der Waals surface area contributed by atoms with Gasteiger partial charge in [0.1, 0.15) is 11.5 Å². The first kappa shape index (κ1) is 24.3. The molecule has 0 radical (unpaired) electrons. The van der Waals surface area contributed by atoms with Crippen LogP contribution in [-0.2, 0) is 13.1 Å². The third-order valence-electron chi connectivity index (χ3n) is 6.82. The highest BCUT2D eigenvalue weighted by Crippen LogP contribution is 2.35. The molecule has 8 heteroatoms. The molecule has 39 heavy (non-hydrogen) atoms. The number of carboxylic acid groups (broad SMARTS) is 1. The second-order valence-corrected chi connectivity index (χ2v) is 9.45. The molecule has 1 aliphatic heterocycles. The molecule has 0 spiro atoms. The van der Waals surface area contributed by atoms with Crippen LogP contribution in [0.1, 0.15) is 32.9 Å². The van der Waals surface area contributed by atoms with Crippen molar-refractivity contribution in [1.82, 2.24) is 9.88 Å². The Kier molecular flexibility index (Phi) is 6.22. The van der Waals surface area contributed by atoms with Crippen molar-refractivity contribution in [3.05, 3.63) is 129 Å². The minimum absolute atomic E-state index is 0.0150. The van der Waals surface area contributed by atoms with Crippen LogP contribution in [0.5, 0.6) is 0 Å². The van der Waals surface area contributed by atoms with Crippen molar-refractivity contribution < 1.29 is 19.2 Å². The quantitative estimate of drug-likeness (QED) is 0.198. The van der Waals surface area contributed by atoms with Crippen LogP contribution in [0.2, 0.25) is 0 Å². The number of para-hydroxylation sites is 1. The van der Waals surface area contributed by atoms with Crippen molar-refractivity contribution in [2.75, 3.05) is 6.54 Å². The summed E-state index contributed by atoms with van der Waals surface area (Å²) in [6.45, 7) is 1.62. The Morgan fingerprint density at radius 2 is 1.79 bits per heavy atom. The van der Waals surface area contributed by atoms with Gasteiger partial charge in [0.25, 0.3) is 5.69 Å². The lowest BCUT2D eigenvalue weighted by Gasteiger charge is -2.31. The molecule has 8 nitrogen and oxygen atoms in total. The van der Waals surface area contributed by atoms with E-state index >= 15 is 0 Å². The van der Waals surface area contributed by atoms with Gasteiger partial charge in [-0.05, 0) is 35.4 Å². The van der Waals surface area contributed by atoms with Crippen molar-refractivity contribution in [3.8, 4) is 11.3 Å². The van der Waals surface area contributed by atoms with Crippen LogP contribution < -0.4 is 0 Å². The van der Waals surface area contributed by atoms with Crippen LogP contribution >= 0.6 is 0 Å². The lowest BCUT2D eigenvalue weighted by atomic mass is 9.92. The second kappa shape index (κ2) is 10.00. The van der Waals surface area contributed by atoms with E-state index in [9.17, 15) is 20.0 Å². The van der Waals surface area contributed by atoms with Crippen molar-refractivity contribution in [3.63, 3.8) is 0 Å². The molecule has 0 bridgehead atoms. The fourth-order valence-electron chi connectivity index (χ4n) is 5.11. The molecule has 0 saturated carbocycles. The normalized spacial score (nSPS) is 14.4. The van der Waals surface area contributed by atoms with E-state index in [1.54, 1.807) is 30.3 Å². The van der Waals surface area contributed by atoms with E-state index in [4.69, 9.17) is 9.40 Å². The number of nitro groups is 1. The molecule has 1 aliphatic rings. The smallest absolute Gasteiger partial charge is 0.336 e. The van der Waals surface area contributed by atoms with Gasteiger partial charge in [-0.3, -0.25) is 15.0 Å². The summed E-state index contributed by atoms with van der Waals surface area (Å²) < 4.78 is 6.08. The third-order valence-corrected chi connectivity index (χ3v) is 6.82. The summed E-state index contributed by atoms with van der Waals surface area (Å²) in [6.07, 6.45) is 1.88. The minimum Gasteiger partial charge on any atom is -0.478 e. The average molecular weight is 518 g/mol. The van der Waals surface area contributed by atoms with E-state index in [0.29, 0.717) is 58.9 Å². The molecule has 2 aromatic heterocycles. The Labute approximate surface area is 223 Å². The van der Waals surface area contributed by atoms with Crippen molar-refractivity contribution in [1.29, 1.82) is 0 Å². The number of rotatable bonds is 6. The molecule has 3 heterocycles. The number of aromatic carboxylic acids is 1. The minimum atomic E-state index is -0.989. The van der Waals surface area contributed by atoms with Gasteiger partial charge in [0, 0.05) is 48.3 Å². The molecule has 0 fully saturated rings. The first-order valence-electron chi connectivity index (χ1n) is 12.4. The third kappa shape index (κ3) is 4.81. The average Bonchev–Trinajstić information content (AvgIpc) is 3.41. The lowest BCUT2D eigenvalue weighted by Crippen LogP contribution is -2.31. The highest BCUT2D eigenvalue weighted by atomic mass is 16.6. The molecule has 0 saturated heterocycles. The van der Waals surface area contributed by atoms with Gasteiger partial charge in [-0.2, -0.15) is 0 Å². The number of carboxylic acids is 1. The van der Waals surface area contributed by atoms with Crippen LogP contribution in [0, 0.1) is 10.1 Å². The molecule has 192 valence electrons. The van der Waals surface area contributed by atoms with Gasteiger partial charge in [-0.15, -0.1) is 0 Å². The first-order valence-corrected chi connectivity index (χ1v) is 12.4. The van der Waals surface area contributed by atoms with Crippen LogP contribution in [0.25, 0.3) is 33.9 Å². The number of furan rings is 1. The molecule has 1 N–H and O–H groups in total. The van der Waals surface area contributed by atoms with E-state index in [-0.39, 0.29) is 11.3 Å². The molecule has 0 amide bonds. The molecule has 0 atom stereocenters. The molecule has 5 aromatic rings. The van der Waals surface area contributed by atoms with Crippen LogP contribution in [0.3, 0.4) is 0 Å². The summed E-state index contributed by atoms with van der Waals surface area (Å²) in [5, 5.41) is 22.1. The number of carbonyl (C=O) groups is 1. The van der Waals surface area contributed by atoms with Crippen molar-refractivity contribution in [2.24, 2.45) is 0 Å². The summed E-state index contributed by atoms with van der Waals surface area (Å²) >= 11 is 0. The van der Waals surface area contributed by atoms with E-state index in [2.05, 4.69) is 4.90 Å². The van der Waals surface area contributed by atoms with Gasteiger partial charge in [-0.25, -0.2) is 9.78 Å². The summed E-state index contributed by atoms with van der Waals surface area (Å²) in [5.74, 6) is 0.0583. The number of hydrogen-bond donors (Lipinski definition) is 1. The van der Waals surface area contributed by atoms with Gasteiger partial charge in [0.15, 0.2) is 0 Å². The molecule has 0 aliphatic carbocycles. The molecule has 3 aromatic carbocycles. The number of aromatic nitrogens is 1. The van der Waals surface area contributed by atoms with Crippen LogP contribution in [0.4, 0.5) is 5.69 Å². The van der Waals surface area contributed by atoms with Gasteiger partial charge in [0.2, 0.25) is 0 Å². The predicted octanol–water partition coefficient (Wildman–Crippen LogP) is 6.66. The Morgan fingerprint density at radius 3 is 2.59 bits per heavy atom. The molecular formula is C31H23N3O5. The van der Waals surface area contributed by atoms with Crippen molar-refractivity contribution in [2.45, 2.75) is 13.1 Å². The lowest BCUT2D eigenvalue weighted by molar-refractivity contribution is -0.384. The highest BCUT2D eigenvalue weighted by Gasteiger charge is 2.29. The van der Waals surface area contributed by atoms with E-state index in [1.807, 2.05) is 54.6 Å². The molecule has 0 unspecified atom stereocenters. The van der Waals surface area contributed by atoms with Gasteiger partial charge in [-0.1, -0.05) is 60.7 Å². The number of non-ortho nitro benzene ring substituents is 1. The Bertz CT molecular complexity index is 1760. The maximum Gasteiger partial charge on any atom is 0.336 e. The Morgan fingerprint density at radius 1 is 1.00 bits per heavy atom. The van der Waals surface area contributed by atoms with E-state index in [0.717, 1.165) is 11.1 Å². The predicted molar refractivity (Wildman–Crippen MR) is 148 cm³/mol. The zero-order valence-electron chi connectivity index (χ0n) is 20.8. The van der Waals surface area contributed by atoms with Crippen LogP contribution in [-0.4, -0.2) is 32.4 Å². The zero-order valence-corrected chi connectivity index (χ0v) is 20.8. The first-order chi connectivity index (χ1) is 19.0. The van der Waals surface area contributed by atoms with E-state index < -0.39 is 10.9 Å². The largest absolute Gasteiger partial charge is 0.478 e. The number of nitro benzene ring substituents is 1. The van der Waals surface area contributed by atoms with Crippen molar-refractivity contribution >= 4 is 34.2 Å². The SMILES string of the molecule is O=C(O)c1c2c(nc3ccccc13)/C(=C/c1ccc(-c3cccc([N+](=O)[O-])c3)o1)CN(Cc1ccccc1)C2. The summed E-state index contributed by atoms with van der Waals surface area (Å²) in [6, 6.07) is 27.2. The summed E-state index contributed by atoms with van der Waals surface area (Å²) in [5.41, 5.74) is 4.73. The standard InChI is InChI=1S/C31H23N3O5/c35-31(36)29-25-11-4-5-12-27(25)32-30-22(18-33(19-26(29)30)17-20-7-2-1-3-8-20)16-24-13-14-28(39-24)21-9-6-10-23(15-21)34(37)38/h1-16H,17-19H2,(H,35,36)/b22-16+. The topological polar surface area (TPSA) is 110 Å². The fourth-order valence-corrected chi connectivity index (χ4v) is 5.11. The maximum absolute atomic E-state index is 12.5. The number of hydrogen-bond acceptors (Lipinski definition) is 6. The number of pyridine rings is 1. The number of fused-ring (bicyclic) bond motifs is 2. The van der Waals surface area contributed by atoms with E-state index in [1.165, 1.54) is 12.1 Å². The fraction of sp³-hybridized carbons (Fsp3) is 0.0968. The summed E-state index contributed by atoms with van der Waals surface area (Å²) in [7, 11) is 0. The van der Waals surface area contributed by atoms with Crippen LogP contribution in [0.15, 0.2) is 95.4 Å². The number of benzene rings is 3. The molecular weight excluding hydrogens is 494 g/mol. The Balaban J connectivity index is 1.46. The monoisotopic (exact) mass is 517 g/mol.